The van der Waals surface area contributed by atoms with E-state index in [1.165, 1.54) is 16.7 Å². The lowest BCUT2D eigenvalue weighted by molar-refractivity contribution is -0.124. The lowest BCUT2D eigenvalue weighted by Crippen LogP contribution is -2.27. The zero-order valence-corrected chi connectivity index (χ0v) is 14.9. The van der Waals surface area contributed by atoms with Gasteiger partial charge in [-0.3, -0.25) is 4.79 Å². The minimum atomic E-state index is 0.0138. The van der Waals surface area contributed by atoms with Gasteiger partial charge >= 0.3 is 0 Å². The molecule has 0 aliphatic rings. The fraction of sp³-hybridized carbons (Fsp3) is 0.350. The van der Waals surface area contributed by atoms with Gasteiger partial charge in [0, 0.05) is 17.7 Å². The molecule has 3 heteroatoms. The molecule has 2 aromatic rings. The van der Waals surface area contributed by atoms with Crippen LogP contribution in [0.15, 0.2) is 48.5 Å². The van der Waals surface area contributed by atoms with Crippen LogP contribution in [0.25, 0.3) is 11.1 Å². The van der Waals surface area contributed by atoms with E-state index in [0.29, 0.717) is 11.8 Å². The first-order valence-corrected chi connectivity index (χ1v) is 8.61. The number of thiol groups is 1. The van der Waals surface area contributed by atoms with Crippen LogP contribution in [0.2, 0.25) is 0 Å². The second-order valence-corrected chi connectivity index (χ2v) is 7.20. The summed E-state index contributed by atoms with van der Waals surface area (Å²) in [5.41, 5.74) is 4.78. The first kappa shape index (κ1) is 17.6. The Hall–Kier alpha value is -1.74. The third-order valence-corrected chi connectivity index (χ3v) is 3.92. The van der Waals surface area contributed by atoms with Gasteiger partial charge in [-0.15, -0.1) is 0 Å². The molecule has 2 rings (SSSR count). The lowest BCUT2D eigenvalue weighted by atomic mass is 10.0. The van der Waals surface area contributed by atoms with Crippen LogP contribution >= 0.6 is 12.6 Å². The molecule has 0 bridgehead atoms. The quantitative estimate of drug-likeness (QED) is 0.752. The average Bonchev–Trinajstić information content (AvgIpc) is 2.53. The molecular weight excluding hydrogens is 302 g/mol. The van der Waals surface area contributed by atoms with E-state index in [1.54, 1.807) is 0 Å². The smallest absolute Gasteiger partial charge is 0.222 e. The van der Waals surface area contributed by atoms with Gasteiger partial charge in [-0.1, -0.05) is 63.2 Å². The number of carbonyl (C=O) groups is 1. The first-order chi connectivity index (χ1) is 11.0. The van der Waals surface area contributed by atoms with Crippen molar-refractivity contribution in [2.75, 3.05) is 0 Å². The second kappa shape index (κ2) is 8.21. The molecule has 0 aliphatic carbocycles. The van der Waals surface area contributed by atoms with Crippen LogP contribution in [-0.4, -0.2) is 11.2 Å². The summed E-state index contributed by atoms with van der Waals surface area (Å²) < 4.78 is 0. The summed E-state index contributed by atoms with van der Waals surface area (Å²) >= 11 is 4.44. The Morgan fingerprint density at radius 1 is 1.00 bits per heavy atom. The molecule has 1 N–H and O–H groups in total. The van der Waals surface area contributed by atoms with Gasteiger partial charge in [-0.2, -0.15) is 12.6 Å². The predicted molar refractivity (Wildman–Crippen MR) is 101 cm³/mol. The molecule has 1 amide bonds. The maximum atomic E-state index is 11.7. The van der Waals surface area contributed by atoms with Crippen LogP contribution in [0.4, 0.5) is 0 Å². The van der Waals surface area contributed by atoms with Crippen molar-refractivity contribution in [1.82, 2.24) is 5.32 Å². The van der Waals surface area contributed by atoms with Crippen molar-refractivity contribution in [3.63, 3.8) is 0 Å². The Bertz CT molecular complexity index is 647. The Kier molecular flexibility index (Phi) is 6.28. The Balaban J connectivity index is 2.08. The van der Waals surface area contributed by atoms with Crippen molar-refractivity contribution in [2.45, 2.75) is 39.0 Å². The van der Waals surface area contributed by atoms with Gasteiger partial charge in [-0.25, -0.2) is 0 Å². The minimum absolute atomic E-state index is 0.0138. The third-order valence-electron chi connectivity index (χ3n) is 3.74. The van der Waals surface area contributed by atoms with E-state index >= 15 is 0 Å². The monoisotopic (exact) mass is 327 g/mol. The number of nitrogens with one attached hydrogen (secondary N) is 1. The van der Waals surface area contributed by atoms with Crippen LogP contribution in [0.3, 0.4) is 0 Å². The summed E-state index contributed by atoms with van der Waals surface area (Å²) in [5.74, 6) is 0.0978. The van der Waals surface area contributed by atoms with Crippen molar-refractivity contribution in [2.24, 2.45) is 5.92 Å². The lowest BCUT2D eigenvalue weighted by Gasteiger charge is -2.10. The highest BCUT2D eigenvalue weighted by Gasteiger charge is 2.06. The molecule has 0 radical (unpaired) electrons. The number of rotatable bonds is 6. The molecule has 2 aromatic carbocycles. The first-order valence-electron chi connectivity index (χ1n) is 8.09. The van der Waals surface area contributed by atoms with Crippen LogP contribution in [0.1, 0.15) is 31.9 Å². The van der Waals surface area contributed by atoms with E-state index in [0.717, 1.165) is 12.0 Å². The minimum Gasteiger partial charge on any atom is -0.352 e. The molecule has 0 fully saturated rings. The summed E-state index contributed by atoms with van der Waals surface area (Å²) in [6, 6.07) is 16.9. The van der Waals surface area contributed by atoms with Gasteiger partial charge in [0.25, 0.3) is 0 Å². The maximum Gasteiger partial charge on any atom is 0.222 e. The number of hydrogen-bond acceptors (Lipinski definition) is 2. The largest absolute Gasteiger partial charge is 0.352 e. The molecule has 2 nitrogen and oxygen atoms in total. The Labute approximate surface area is 144 Å². The Morgan fingerprint density at radius 3 is 2.30 bits per heavy atom. The van der Waals surface area contributed by atoms with Crippen molar-refractivity contribution in [3.05, 3.63) is 59.7 Å². The van der Waals surface area contributed by atoms with Crippen LogP contribution < -0.4 is 5.32 Å². The maximum absolute atomic E-state index is 11.7. The normalized spacial score (nSPS) is 12.2. The summed E-state index contributed by atoms with van der Waals surface area (Å²) in [4.78, 5) is 11.7. The van der Waals surface area contributed by atoms with Gasteiger partial charge in [0.1, 0.15) is 0 Å². The summed E-state index contributed by atoms with van der Waals surface area (Å²) in [7, 11) is 0. The summed E-state index contributed by atoms with van der Waals surface area (Å²) in [6.45, 7) is 6.48. The zero-order chi connectivity index (χ0) is 16.8. The molecule has 23 heavy (non-hydrogen) atoms. The molecular formula is C20H25NOS. The molecule has 0 spiro atoms. The standard InChI is InChI=1S/C20H25NOS/c1-14(2)20(22)21-13-17-5-4-6-19(12-17)18-9-7-16(8-10-18)11-15(3)23/h4-10,12,14-15,23H,11,13H2,1-3H3,(H,21,22). The molecule has 0 saturated heterocycles. The van der Waals surface area contributed by atoms with E-state index < -0.39 is 0 Å². The fourth-order valence-electron chi connectivity index (χ4n) is 2.43. The van der Waals surface area contributed by atoms with E-state index in [2.05, 4.69) is 61.3 Å². The summed E-state index contributed by atoms with van der Waals surface area (Å²) in [6.07, 6.45) is 0.977. The number of benzene rings is 2. The van der Waals surface area contributed by atoms with E-state index in [9.17, 15) is 4.79 Å². The van der Waals surface area contributed by atoms with Gasteiger partial charge in [0.15, 0.2) is 0 Å². The van der Waals surface area contributed by atoms with Gasteiger partial charge < -0.3 is 5.32 Å². The second-order valence-electron chi connectivity index (χ2n) is 6.32. The molecule has 0 heterocycles. The van der Waals surface area contributed by atoms with Gasteiger partial charge in [-0.05, 0) is 34.7 Å². The van der Waals surface area contributed by atoms with Crippen molar-refractivity contribution < 1.29 is 4.79 Å². The van der Waals surface area contributed by atoms with Crippen LogP contribution in [0.5, 0.6) is 0 Å². The molecule has 1 atom stereocenters. The molecule has 0 aromatic heterocycles. The van der Waals surface area contributed by atoms with Gasteiger partial charge in [0.05, 0.1) is 0 Å². The van der Waals surface area contributed by atoms with Crippen LogP contribution in [-0.2, 0) is 17.8 Å². The highest BCUT2D eigenvalue weighted by molar-refractivity contribution is 7.80. The zero-order valence-electron chi connectivity index (χ0n) is 14.0. The van der Waals surface area contributed by atoms with Crippen LogP contribution in [0, 0.1) is 5.92 Å². The highest BCUT2D eigenvalue weighted by atomic mass is 32.1. The SMILES string of the molecule is CC(S)Cc1ccc(-c2cccc(CNC(=O)C(C)C)c2)cc1. The van der Waals surface area contributed by atoms with Crippen molar-refractivity contribution >= 4 is 18.5 Å². The number of hydrogen-bond donors (Lipinski definition) is 2. The molecule has 122 valence electrons. The molecule has 1 unspecified atom stereocenters. The molecule has 0 aliphatic heterocycles. The predicted octanol–water partition coefficient (Wildman–Crippen LogP) is 4.49. The van der Waals surface area contributed by atoms with Crippen molar-refractivity contribution in [3.8, 4) is 11.1 Å². The van der Waals surface area contributed by atoms with E-state index in [4.69, 9.17) is 0 Å². The molecule has 0 saturated carbocycles. The third kappa shape index (κ3) is 5.43. The average molecular weight is 327 g/mol. The van der Waals surface area contributed by atoms with Crippen molar-refractivity contribution in [1.29, 1.82) is 0 Å². The highest BCUT2D eigenvalue weighted by Crippen LogP contribution is 2.22. The number of amides is 1. The topological polar surface area (TPSA) is 29.1 Å². The number of carbonyl (C=O) groups excluding carboxylic acids is 1. The summed E-state index contributed by atoms with van der Waals surface area (Å²) in [5, 5.41) is 3.33. The van der Waals surface area contributed by atoms with E-state index in [1.807, 2.05) is 26.0 Å². The fourth-order valence-corrected chi connectivity index (χ4v) is 2.64. The Morgan fingerprint density at radius 2 is 1.70 bits per heavy atom. The van der Waals surface area contributed by atoms with E-state index in [-0.39, 0.29) is 11.8 Å². The van der Waals surface area contributed by atoms with Gasteiger partial charge in [0.2, 0.25) is 5.91 Å².